The zero-order chi connectivity index (χ0) is 13.9. The van der Waals surface area contributed by atoms with Crippen LogP contribution in [0.25, 0.3) is 0 Å². The van der Waals surface area contributed by atoms with Crippen LogP contribution < -0.4 is 0 Å². The second kappa shape index (κ2) is 7.53. The third-order valence-corrected chi connectivity index (χ3v) is 5.70. The third-order valence-electron chi connectivity index (χ3n) is 2.25. The van der Waals surface area contributed by atoms with Crippen LogP contribution in [0.3, 0.4) is 0 Å². The van der Waals surface area contributed by atoms with Crippen molar-refractivity contribution in [2.75, 3.05) is 6.16 Å². The van der Waals surface area contributed by atoms with Gasteiger partial charge in [-0.2, -0.15) is 0 Å². The molecular formula is C11H10Cl5OP. The quantitative estimate of drug-likeness (QED) is 0.249. The average Bonchev–Trinajstić information content (AvgIpc) is 2.34. The highest BCUT2D eigenvalue weighted by atomic mass is 35.5. The molecule has 0 saturated heterocycles. The Morgan fingerprint density at radius 2 is 1.39 bits per heavy atom. The zero-order valence-corrected chi connectivity index (χ0v) is 14.2. The van der Waals surface area contributed by atoms with Crippen molar-refractivity contribution >= 4 is 72.1 Å². The number of rotatable bonds is 5. The van der Waals surface area contributed by atoms with Gasteiger partial charge in [-0.1, -0.05) is 71.3 Å². The summed E-state index contributed by atoms with van der Waals surface area (Å²) >= 11 is 29.7. The Labute approximate surface area is 133 Å². The Hall–Kier alpha value is 0.770. The minimum absolute atomic E-state index is 0.0661. The van der Waals surface area contributed by atoms with Gasteiger partial charge in [0, 0.05) is 0 Å². The maximum absolute atomic E-state index is 12.1. The summed E-state index contributed by atoms with van der Waals surface area (Å²) in [5.74, 6) is 0. The molecule has 0 saturated carbocycles. The first kappa shape index (κ1) is 16.8. The fourth-order valence-corrected chi connectivity index (χ4v) is 3.92. The number of carbonyl (C=O) groups is 1. The molecule has 0 heterocycles. The molecule has 0 N–H and O–H groups in total. The van der Waals surface area contributed by atoms with E-state index in [9.17, 15) is 4.79 Å². The highest BCUT2D eigenvalue weighted by Gasteiger charge is 2.23. The number of benzene rings is 1. The first-order valence-corrected chi connectivity index (χ1v) is 8.31. The molecule has 1 unspecified atom stereocenters. The molecule has 0 aliphatic heterocycles. The lowest BCUT2D eigenvalue weighted by atomic mass is 10.2. The first-order valence-electron chi connectivity index (χ1n) is 5.21. The van der Waals surface area contributed by atoms with Crippen molar-refractivity contribution in [1.29, 1.82) is 0 Å². The lowest BCUT2D eigenvalue weighted by Crippen LogP contribution is -1.98. The van der Waals surface area contributed by atoms with Crippen LogP contribution in [0.5, 0.6) is 0 Å². The van der Waals surface area contributed by atoms with E-state index in [4.69, 9.17) is 58.0 Å². The average molecular weight is 366 g/mol. The lowest BCUT2D eigenvalue weighted by Gasteiger charge is -2.11. The number of unbranched alkanes of at least 4 members (excludes halogenated alkanes) is 1. The molecule has 0 aromatic heterocycles. The van der Waals surface area contributed by atoms with E-state index in [0.717, 1.165) is 19.0 Å². The standard InChI is InChI=1S/C11H10Cl5OP/c1-2-3-4-18-11(17)5-6(12)8(14)10(16)9(15)7(5)13/h18H,2-4H2,1H3. The van der Waals surface area contributed by atoms with E-state index in [1.54, 1.807) is 0 Å². The fourth-order valence-electron chi connectivity index (χ4n) is 1.27. The monoisotopic (exact) mass is 364 g/mol. The largest absolute Gasteiger partial charge is 0.289 e. The van der Waals surface area contributed by atoms with Crippen LogP contribution in [0.4, 0.5) is 0 Å². The Bertz CT molecular complexity index is 446. The molecule has 0 spiro atoms. The summed E-state index contributed by atoms with van der Waals surface area (Å²) in [4.78, 5) is 12.1. The molecule has 1 aromatic rings. The van der Waals surface area contributed by atoms with E-state index < -0.39 is 0 Å². The summed E-state index contributed by atoms with van der Waals surface area (Å²) in [6.45, 7) is 2.06. The molecule has 0 fully saturated rings. The van der Waals surface area contributed by atoms with Crippen molar-refractivity contribution in [3.63, 3.8) is 0 Å². The van der Waals surface area contributed by atoms with Crippen molar-refractivity contribution in [1.82, 2.24) is 0 Å². The van der Waals surface area contributed by atoms with Crippen LogP contribution >= 0.6 is 66.6 Å². The summed E-state index contributed by atoms with van der Waals surface area (Å²) in [5.41, 5.74) is 0.0334. The number of halogens is 5. The van der Waals surface area contributed by atoms with Crippen LogP contribution in [-0.4, -0.2) is 11.7 Å². The minimum atomic E-state index is -0.140. The molecule has 1 aromatic carbocycles. The highest BCUT2D eigenvalue weighted by Crippen LogP contribution is 2.45. The molecule has 100 valence electrons. The molecular weight excluding hydrogens is 356 g/mol. The third kappa shape index (κ3) is 3.66. The summed E-state index contributed by atoms with van der Waals surface area (Å²) in [6.07, 6.45) is 2.82. The molecule has 0 aliphatic rings. The van der Waals surface area contributed by atoms with Gasteiger partial charge in [-0.25, -0.2) is 0 Å². The SMILES string of the molecule is CCCCPC(=O)c1c(Cl)c(Cl)c(Cl)c(Cl)c1Cl. The summed E-state index contributed by atoms with van der Waals surface area (Å²) in [6, 6.07) is 0. The van der Waals surface area contributed by atoms with Gasteiger partial charge in [-0.15, -0.1) is 0 Å². The van der Waals surface area contributed by atoms with Crippen LogP contribution in [0, 0.1) is 0 Å². The molecule has 0 bridgehead atoms. The van der Waals surface area contributed by atoms with Crippen LogP contribution in [-0.2, 0) is 0 Å². The highest BCUT2D eigenvalue weighted by molar-refractivity contribution is 7.58. The van der Waals surface area contributed by atoms with Crippen LogP contribution in [0.1, 0.15) is 30.1 Å². The van der Waals surface area contributed by atoms with Gasteiger partial charge in [-0.3, -0.25) is 4.79 Å². The van der Waals surface area contributed by atoms with Crippen molar-refractivity contribution in [2.45, 2.75) is 19.8 Å². The van der Waals surface area contributed by atoms with Crippen LogP contribution in [0.15, 0.2) is 0 Å². The Kier molecular flexibility index (Phi) is 7.03. The minimum Gasteiger partial charge on any atom is -0.289 e. The molecule has 0 aliphatic carbocycles. The fraction of sp³-hybridized carbons (Fsp3) is 0.364. The molecule has 1 rings (SSSR count). The van der Waals surface area contributed by atoms with E-state index in [1.807, 2.05) is 0 Å². The van der Waals surface area contributed by atoms with Gasteiger partial charge < -0.3 is 0 Å². The maximum Gasteiger partial charge on any atom is 0.184 e. The van der Waals surface area contributed by atoms with Gasteiger partial charge in [-0.05, 0) is 21.2 Å². The van der Waals surface area contributed by atoms with E-state index in [-0.39, 0.29) is 44.8 Å². The predicted octanol–water partition coefficient (Wildman–Crippen LogP) is 6.57. The number of carbonyl (C=O) groups excluding carboxylic acids is 1. The molecule has 1 nitrogen and oxygen atoms in total. The van der Waals surface area contributed by atoms with Crippen molar-refractivity contribution in [2.24, 2.45) is 0 Å². The summed E-state index contributed by atoms with van der Waals surface area (Å²) in [7, 11) is 0.104. The summed E-state index contributed by atoms with van der Waals surface area (Å²) < 4.78 is 0. The van der Waals surface area contributed by atoms with E-state index in [2.05, 4.69) is 6.92 Å². The molecule has 1 atom stereocenters. The van der Waals surface area contributed by atoms with Gasteiger partial charge in [0.15, 0.2) is 5.52 Å². The number of hydrogen-bond acceptors (Lipinski definition) is 1. The Balaban J connectivity index is 3.13. The van der Waals surface area contributed by atoms with E-state index >= 15 is 0 Å². The maximum atomic E-state index is 12.1. The number of hydrogen-bond donors (Lipinski definition) is 0. The molecule has 7 heteroatoms. The Morgan fingerprint density at radius 3 is 1.83 bits per heavy atom. The lowest BCUT2D eigenvalue weighted by molar-refractivity contribution is 0.108. The van der Waals surface area contributed by atoms with Crippen molar-refractivity contribution < 1.29 is 4.79 Å². The smallest absolute Gasteiger partial charge is 0.184 e. The van der Waals surface area contributed by atoms with Gasteiger partial charge in [0.2, 0.25) is 0 Å². The normalized spacial score (nSPS) is 11.4. The van der Waals surface area contributed by atoms with Crippen LogP contribution in [0.2, 0.25) is 25.1 Å². The molecule has 0 radical (unpaired) electrons. The topological polar surface area (TPSA) is 17.1 Å². The second-order valence-corrected chi connectivity index (χ2v) is 6.75. The molecule has 0 amide bonds. The van der Waals surface area contributed by atoms with E-state index in [1.165, 1.54) is 0 Å². The Morgan fingerprint density at radius 1 is 0.944 bits per heavy atom. The predicted molar refractivity (Wildman–Crippen MR) is 83.9 cm³/mol. The first-order chi connectivity index (χ1) is 8.41. The van der Waals surface area contributed by atoms with E-state index in [0.29, 0.717) is 0 Å². The van der Waals surface area contributed by atoms with Gasteiger partial charge >= 0.3 is 0 Å². The van der Waals surface area contributed by atoms with Gasteiger partial charge in [0.25, 0.3) is 0 Å². The van der Waals surface area contributed by atoms with Gasteiger partial charge in [0.1, 0.15) is 0 Å². The second-order valence-electron chi connectivity index (χ2n) is 3.55. The summed E-state index contributed by atoms with van der Waals surface area (Å²) in [5, 5.41) is 0.352. The molecule has 18 heavy (non-hydrogen) atoms. The van der Waals surface area contributed by atoms with Gasteiger partial charge in [0.05, 0.1) is 30.7 Å². The van der Waals surface area contributed by atoms with Crippen molar-refractivity contribution in [3.05, 3.63) is 30.7 Å². The zero-order valence-electron chi connectivity index (χ0n) is 9.42. The van der Waals surface area contributed by atoms with Crippen molar-refractivity contribution in [3.8, 4) is 0 Å².